The van der Waals surface area contributed by atoms with Crippen LogP contribution in [0.3, 0.4) is 0 Å². The van der Waals surface area contributed by atoms with Gasteiger partial charge in [0.1, 0.15) is 11.6 Å². The summed E-state index contributed by atoms with van der Waals surface area (Å²) in [6, 6.07) is 12.9. The van der Waals surface area contributed by atoms with Crippen LogP contribution in [0.4, 0.5) is 13.2 Å². The Kier molecular flexibility index (Phi) is 7.00. The second-order valence-electron chi connectivity index (χ2n) is 6.25. The minimum Gasteiger partial charge on any atom is -0.457 e. The Morgan fingerprint density at radius 1 is 1.07 bits per heavy atom. The van der Waals surface area contributed by atoms with Crippen molar-refractivity contribution in [3.8, 4) is 0 Å². The highest BCUT2D eigenvalue weighted by molar-refractivity contribution is 7.98. The summed E-state index contributed by atoms with van der Waals surface area (Å²) >= 11 is 12.8. The Hall–Kier alpha value is -2.16. The molecule has 158 valence electrons. The van der Waals surface area contributed by atoms with Crippen LogP contribution in [0.1, 0.15) is 27.2 Å². The van der Waals surface area contributed by atoms with Crippen molar-refractivity contribution in [3.63, 3.8) is 0 Å². The Labute approximate surface area is 184 Å². The van der Waals surface area contributed by atoms with Crippen molar-refractivity contribution < 1.29 is 22.7 Å². The standard InChI is InChI=1S/C20H15Cl2F3N2O2S/c1-27-18(30-11-12-2-6-14(21)7-3-12)16(17(26-27)20(23,24)25)10-29-19(28)13-4-8-15(22)9-5-13/h2-9H,10-11H2,1H3. The Balaban J connectivity index is 1.82. The lowest BCUT2D eigenvalue weighted by molar-refractivity contribution is -0.142. The van der Waals surface area contributed by atoms with Gasteiger partial charge in [0.05, 0.1) is 11.1 Å². The zero-order valence-electron chi connectivity index (χ0n) is 15.5. The van der Waals surface area contributed by atoms with E-state index in [1.807, 2.05) is 0 Å². The molecule has 3 aromatic rings. The van der Waals surface area contributed by atoms with Crippen LogP contribution in [-0.4, -0.2) is 15.7 Å². The normalized spacial score (nSPS) is 11.5. The van der Waals surface area contributed by atoms with Gasteiger partial charge in [0.2, 0.25) is 0 Å². The molecule has 0 saturated heterocycles. The van der Waals surface area contributed by atoms with Gasteiger partial charge in [-0.3, -0.25) is 4.68 Å². The van der Waals surface area contributed by atoms with Crippen LogP contribution in [0.5, 0.6) is 0 Å². The van der Waals surface area contributed by atoms with E-state index in [0.29, 0.717) is 15.8 Å². The first kappa shape index (κ1) is 22.5. The van der Waals surface area contributed by atoms with Crippen molar-refractivity contribution >= 4 is 40.9 Å². The van der Waals surface area contributed by atoms with Crippen LogP contribution in [0.15, 0.2) is 53.6 Å². The van der Waals surface area contributed by atoms with Crippen molar-refractivity contribution in [3.05, 3.63) is 81.0 Å². The smallest absolute Gasteiger partial charge is 0.435 e. The van der Waals surface area contributed by atoms with E-state index in [9.17, 15) is 18.0 Å². The first-order valence-electron chi connectivity index (χ1n) is 8.58. The predicted octanol–water partition coefficient (Wildman–Crippen LogP) is 6.40. The number of hydrogen-bond acceptors (Lipinski definition) is 4. The summed E-state index contributed by atoms with van der Waals surface area (Å²) in [5.41, 5.74) is -0.200. The number of benzene rings is 2. The lowest BCUT2D eigenvalue weighted by Crippen LogP contribution is -2.12. The van der Waals surface area contributed by atoms with E-state index in [4.69, 9.17) is 27.9 Å². The van der Waals surface area contributed by atoms with Crippen LogP contribution in [-0.2, 0) is 30.3 Å². The van der Waals surface area contributed by atoms with E-state index in [1.54, 1.807) is 24.3 Å². The van der Waals surface area contributed by atoms with E-state index >= 15 is 0 Å². The average Bonchev–Trinajstić information content (AvgIpc) is 3.02. The summed E-state index contributed by atoms with van der Waals surface area (Å²) in [6.07, 6.45) is -4.68. The highest BCUT2D eigenvalue weighted by Gasteiger charge is 2.39. The van der Waals surface area contributed by atoms with E-state index < -0.39 is 24.4 Å². The second kappa shape index (κ2) is 9.32. The van der Waals surface area contributed by atoms with Crippen LogP contribution in [0.2, 0.25) is 10.0 Å². The molecule has 0 aliphatic heterocycles. The lowest BCUT2D eigenvalue weighted by Gasteiger charge is -2.10. The van der Waals surface area contributed by atoms with E-state index in [2.05, 4.69) is 5.10 Å². The molecule has 0 aliphatic rings. The number of carbonyl (C=O) groups excluding carboxylic acids is 1. The van der Waals surface area contributed by atoms with Crippen molar-refractivity contribution in [2.45, 2.75) is 23.6 Å². The third-order valence-corrected chi connectivity index (χ3v) is 5.84. The number of ether oxygens (including phenoxy) is 1. The fraction of sp³-hybridized carbons (Fsp3) is 0.200. The largest absolute Gasteiger partial charge is 0.457 e. The zero-order valence-corrected chi connectivity index (χ0v) is 17.9. The predicted molar refractivity (Wildman–Crippen MR) is 110 cm³/mol. The topological polar surface area (TPSA) is 44.1 Å². The number of nitrogens with zero attached hydrogens (tertiary/aromatic N) is 2. The van der Waals surface area contributed by atoms with Gasteiger partial charge in [-0.25, -0.2) is 4.79 Å². The van der Waals surface area contributed by atoms with Crippen LogP contribution in [0.25, 0.3) is 0 Å². The van der Waals surface area contributed by atoms with Gasteiger partial charge in [-0.05, 0) is 42.0 Å². The fourth-order valence-electron chi connectivity index (χ4n) is 2.63. The molecule has 3 rings (SSSR count). The molecule has 0 spiro atoms. The van der Waals surface area contributed by atoms with Crippen molar-refractivity contribution in [1.82, 2.24) is 9.78 Å². The maximum atomic E-state index is 13.5. The minimum atomic E-state index is -4.68. The number of esters is 1. The maximum absolute atomic E-state index is 13.5. The molecule has 0 fully saturated rings. The molecule has 0 amide bonds. The molecule has 10 heteroatoms. The molecule has 1 aromatic heterocycles. The van der Waals surface area contributed by atoms with E-state index in [-0.39, 0.29) is 16.2 Å². The third-order valence-electron chi connectivity index (χ3n) is 4.07. The molecule has 4 nitrogen and oxygen atoms in total. The van der Waals surface area contributed by atoms with Crippen molar-refractivity contribution in [2.75, 3.05) is 0 Å². The minimum absolute atomic E-state index is 0.187. The number of hydrogen-bond donors (Lipinski definition) is 0. The number of rotatable bonds is 6. The maximum Gasteiger partial charge on any atom is 0.435 e. The van der Waals surface area contributed by atoms with Gasteiger partial charge in [0.25, 0.3) is 0 Å². The summed E-state index contributed by atoms with van der Waals surface area (Å²) < 4.78 is 46.8. The van der Waals surface area contributed by atoms with E-state index in [0.717, 1.165) is 10.2 Å². The Bertz CT molecular complexity index is 1040. The molecule has 2 aromatic carbocycles. The zero-order chi connectivity index (χ0) is 21.9. The number of thioether (sulfide) groups is 1. The molecule has 0 saturated carbocycles. The molecule has 0 unspecified atom stereocenters. The quantitative estimate of drug-likeness (QED) is 0.306. The molecule has 0 bridgehead atoms. The molecular formula is C20H15Cl2F3N2O2S. The molecule has 1 heterocycles. The number of halogens is 5. The average molecular weight is 475 g/mol. The number of alkyl halides is 3. The van der Waals surface area contributed by atoms with Crippen LogP contribution >= 0.6 is 35.0 Å². The molecule has 0 N–H and O–H groups in total. The highest BCUT2D eigenvalue weighted by atomic mass is 35.5. The lowest BCUT2D eigenvalue weighted by atomic mass is 10.2. The monoisotopic (exact) mass is 474 g/mol. The Morgan fingerprint density at radius 2 is 1.63 bits per heavy atom. The SMILES string of the molecule is Cn1nc(C(F)(F)F)c(COC(=O)c2ccc(Cl)cc2)c1SCc1ccc(Cl)cc1. The first-order chi connectivity index (χ1) is 14.1. The van der Waals surface area contributed by atoms with Gasteiger partial charge in [-0.15, -0.1) is 11.8 Å². The summed E-state index contributed by atoms with van der Waals surface area (Å²) in [4.78, 5) is 12.2. The van der Waals surface area contributed by atoms with E-state index in [1.165, 1.54) is 43.1 Å². The van der Waals surface area contributed by atoms with Gasteiger partial charge in [0.15, 0.2) is 5.69 Å². The fourth-order valence-corrected chi connectivity index (χ4v) is 3.94. The van der Waals surface area contributed by atoms with Gasteiger partial charge in [-0.1, -0.05) is 35.3 Å². The molecular weight excluding hydrogens is 460 g/mol. The summed E-state index contributed by atoms with van der Waals surface area (Å²) in [5.74, 6) is -0.358. The van der Waals surface area contributed by atoms with Crippen molar-refractivity contribution in [1.29, 1.82) is 0 Å². The summed E-state index contributed by atoms with van der Waals surface area (Å²) in [5, 5.41) is 4.87. The van der Waals surface area contributed by atoms with Crippen LogP contribution in [0, 0.1) is 0 Å². The van der Waals surface area contributed by atoms with Crippen molar-refractivity contribution in [2.24, 2.45) is 7.05 Å². The summed E-state index contributed by atoms with van der Waals surface area (Å²) in [6.45, 7) is -0.562. The molecule has 0 aliphatic carbocycles. The first-order valence-corrected chi connectivity index (χ1v) is 10.3. The molecule has 0 atom stereocenters. The summed E-state index contributed by atoms with van der Waals surface area (Å²) in [7, 11) is 1.42. The highest BCUT2D eigenvalue weighted by Crippen LogP contribution is 2.37. The third kappa shape index (κ3) is 5.50. The number of aromatic nitrogens is 2. The van der Waals surface area contributed by atoms with Gasteiger partial charge in [0, 0.05) is 22.8 Å². The van der Waals surface area contributed by atoms with Gasteiger partial charge in [-0.2, -0.15) is 18.3 Å². The molecule has 0 radical (unpaired) electrons. The van der Waals surface area contributed by atoms with Gasteiger partial charge < -0.3 is 4.74 Å². The number of aryl methyl sites for hydroxylation is 1. The van der Waals surface area contributed by atoms with Crippen LogP contribution < -0.4 is 0 Å². The Morgan fingerprint density at radius 3 is 2.20 bits per heavy atom. The molecule has 30 heavy (non-hydrogen) atoms. The second-order valence-corrected chi connectivity index (χ2v) is 8.09. The number of carbonyl (C=O) groups is 1. The van der Waals surface area contributed by atoms with Gasteiger partial charge >= 0.3 is 12.1 Å².